The molecule has 0 radical (unpaired) electrons. The number of amides is 2. The van der Waals surface area contributed by atoms with Crippen LogP contribution in [0.3, 0.4) is 0 Å². The normalized spacial score (nSPS) is 21.5. The van der Waals surface area contributed by atoms with E-state index in [2.05, 4.69) is 5.32 Å². The summed E-state index contributed by atoms with van der Waals surface area (Å²) < 4.78 is 11.1. The van der Waals surface area contributed by atoms with Gasteiger partial charge in [0.05, 0.1) is 19.3 Å². The topological polar surface area (TPSA) is 67.9 Å². The summed E-state index contributed by atoms with van der Waals surface area (Å²) in [5.74, 6) is 0.958. The van der Waals surface area contributed by atoms with Crippen molar-refractivity contribution in [1.29, 1.82) is 0 Å². The molecule has 0 unspecified atom stereocenters. The van der Waals surface area contributed by atoms with Crippen molar-refractivity contribution in [2.24, 2.45) is 0 Å². The number of hydrogen-bond donors (Lipinski definition) is 1. The van der Waals surface area contributed by atoms with Gasteiger partial charge >= 0.3 is 0 Å². The van der Waals surface area contributed by atoms with E-state index < -0.39 is 6.04 Å². The van der Waals surface area contributed by atoms with E-state index in [4.69, 9.17) is 9.47 Å². The summed E-state index contributed by atoms with van der Waals surface area (Å²) in [6, 6.07) is 13.7. The number of nitrogens with one attached hydrogen (secondary N) is 1. The fourth-order valence-corrected chi connectivity index (χ4v) is 3.32. The van der Waals surface area contributed by atoms with Crippen LogP contribution in [-0.4, -0.2) is 42.5 Å². The molecule has 0 aromatic heterocycles. The number of para-hydroxylation sites is 2. The van der Waals surface area contributed by atoms with Crippen LogP contribution in [0, 0.1) is 0 Å². The number of fused-ring (bicyclic) bond motifs is 3. The molecule has 1 saturated heterocycles. The van der Waals surface area contributed by atoms with Crippen LogP contribution in [0.5, 0.6) is 11.5 Å². The lowest BCUT2D eigenvalue weighted by molar-refractivity contribution is -0.119. The first kappa shape index (κ1) is 15.5. The minimum absolute atomic E-state index is 0.180. The molecular weight excluding hydrogens is 320 g/mol. The maximum atomic E-state index is 12.9. The van der Waals surface area contributed by atoms with E-state index in [-0.39, 0.29) is 17.9 Å². The molecule has 2 aromatic carbocycles. The molecule has 4 rings (SSSR count). The SMILES string of the molecule is COc1ccc(C(=O)N2C[C@@H]3C[C@H]2C(=O)Nc2ccccc2O3)cc1. The monoisotopic (exact) mass is 338 g/mol. The van der Waals surface area contributed by atoms with E-state index in [0.29, 0.717) is 35.7 Å². The summed E-state index contributed by atoms with van der Waals surface area (Å²) in [5, 5.41) is 2.87. The molecule has 2 aliphatic heterocycles. The van der Waals surface area contributed by atoms with E-state index in [1.807, 2.05) is 18.2 Å². The van der Waals surface area contributed by atoms with Crippen LogP contribution >= 0.6 is 0 Å². The Morgan fingerprint density at radius 1 is 1.20 bits per heavy atom. The summed E-state index contributed by atoms with van der Waals surface area (Å²) in [5.41, 5.74) is 1.16. The second kappa shape index (κ2) is 6.12. The zero-order valence-corrected chi connectivity index (χ0v) is 13.8. The second-order valence-electron chi connectivity index (χ2n) is 6.16. The van der Waals surface area contributed by atoms with E-state index >= 15 is 0 Å². The van der Waals surface area contributed by atoms with Crippen LogP contribution < -0.4 is 14.8 Å². The largest absolute Gasteiger partial charge is 0.497 e. The molecule has 25 heavy (non-hydrogen) atoms. The Labute approximate surface area is 145 Å². The second-order valence-corrected chi connectivity index (χ2v) is 6.16. The zero-order chi connectivity index (χ0) is 17.4. The van der Waals surface area contributed by atoms with Gasteiger partial charge in [-0.25, -0.2) is 0 Å². The Morgan fingerprint density at radius 2 is 1.96 bits per heavy atom. The third-order valence-electron chi connectivity index (χ3n) is 4.60. The molecule has 2 atom stereocenters. The molecular formula is C19H18N2O4. The third-order valence-corrected chi connectivity index (χ3v) is 4.60. The molecule has 1 fully saturated rings. The fourth-order valence-electron chi connectivity index (χ4n) is 3.32. The highest BCUT2D eigenvalue weighted by molar-refractivity contribution is 6.02. The Hall–Kier alpha value is -3.02. The van der Waals surface area contributed by atoms with Gasteiger partial charge in [-0.2, -0.15) is 0 Å². The molecule has 2 heterocycles. The van der Waals surface area contributed by atoms with Crippen LogP contribution in [0.4, 0.5) is 5.69 Å². The lowest BCUT2D eigenvalue weighted by atomic mass is 10.1. The number of anilines is 1. The van der Waals surface area contributed by atoms with Crippen LogP contribution in [-0.2, 0) is 4.79 Å². The lowest BCUT2D eigenvalue weighted by Crippen LogP contribution is -2.43. The number of benzene rings is 2. The number of likely N-dealkylation sites (tertiary alicyclic amines) is 1. The van der Waals surface area contributed by atoms with E-state index in [0.717, 1.165) is 0 Å². The minimum Gasteiger partial charge on any atom is -0.497 e. The van der Waals surface area contributed by atoms with Gasteiger partial charge in [-0.15, -0.1) is 0 Å². The standard InChI is InChI=1S/C19H18N2O4/c1-24-13-8-6-12(7-9-13)19(23)21-11-14-10-16(21)18(22)20-15-4-2-3-5-17(15)25-14/h2-9,14,16H,10-11H2,1H3,(H,20,22)/t14-,16-/m0/s1. The summed E-state index contributed by atoms with van der Waals surface area (Å²) in [4.78, 5) is 27.1. The highest BCUT2D eigenvalue weighted by atomic mass is 16.5. The minimum atomic E-state index is -0.534. The number of hydrogen-bond acceptors (Lipinski definition) is 4. The predicted molar refractivity (Wildman–Crippen MR) is 91.9 cm³/mol. The predicted octanol–water partition coefficient (Wildman–Crippen LogP) is 2.31. The molecule has 2 aromatic rings. The van der Waals surface area contributed by atoms with Crippen molar-refractivity contribution in [2.75, 3.05) is 19.0 Å². The van der Waals surface area contributed by atoms with Crippen molar-refractivity contribution in [3.8, 4) is 11.5 Å². The Kier molecular flexibility index (Phi) is 3.80. The molecule has 0 spiro atoms. The fraction of sp³-hybridized carbons (Fsp3) is 0.263. The number of rotatable bonds is 2. The van der Waals surface area contributed by atoms with Crippen LogP contribution in [0.2, 0.25) is 0 Å². The van der Waals surface area contributed by atoms with Gasteiger partial charge in [0, 0.05) is 12.0 Å². The van der Waals surface area contributed by atoms with Gasteiger partial charge in [-0.3, -0.25) is 9.59 Å². The van der Waals surface area contributed by atoms with Gasteiger partial charge in [-0.05, 0) is 36.4 Å². The van der Waals surface area contributed by atoms with E-state index in [9.17, 15) is 9.59 Å². The first-order valence-corrected chi connectivity index (χ1v) is 8.17. The molecule has 2 aliphatic rings. The van der Waals surface area contributed by atoms with Crippen LogP contribution in [0.1, 0.15) is 16.8 Å². The summed E-state index contributed by atoms with van der Waals surface area (Å²) in [6.45, 7) is 0.386. The summed E-state index contributed by atoms with van der Waals surface area (Å²) >= 11 is 0. The zero-order valence-electron chi connectivity index (χ0n) is 13.8. The van der Waals surface area contributed by atoms with Crippen LogP contribution in [0.15, 0.2) is 48.5 Å². The molecule has 2 bridgehead atoms. The highest BCUT2D eigenvalue weighted by Gasteiger charge is 2.42. The lowest BCUT2D eigenvalue weighted by Gasteiger charge is -2.23. The smallest absolute Gasteiger partial charge is 0.254 e. The Balaban J connectivity index is 1.60. The highest BCUT2D eigenvalue weighted by Crippen LogP contribution is 2.33. The molecule has 1 N–H and O–H groups in total. The molecule has 128 valence electrons. The third kappa shape index (κ3) is 2.80. The van der Waals surface area contributed by atoms with Crippen molar-refractivity contribution in [3.63, 3.8) is 0 Å². The number of carbonyl (C=O) groups excluding carboxylic acids is 2. The molecule has 6 heteroatoms. The van der Waals surface area contributed by atoms with Crippen molar-refractivity contribution in [1.82, 2.24) is 4.90 Å². The summed E-state index contributed by atoms with van der Waals surface area (Å²) in [6.07, 6.45) is 0.293. The van der Waals surface area contributed by atoms with Gasteiger partial charge < -0.3 is 19.7 Å². The number of methoxy groups -OCH3 is 1. The average Bonchev–Trinajstić information content (AvgIpc) is 3.07. The van der Waals surface area contributed by atoms with Gasteiger partial charge in [-0.1, -0.05) is 12.1 Å². The summed E-state index contributed by atoms with van der Waals surface area (Å²) in [7, 11) is 1.58. The first-order valence-electron chi connectivity index (χ1n) is 8.17. The Bertz CT molecular complexity index is 818. The average molecular weight is 338 g/mol. The molecule has 6 nitrogen and oxygen atoms in total. The van der Waals surface area contributed by atoms with Crippen molar-refractivity contribution in [2.45, 2.75) is 18.6 Å². The van der Waals surface area contributed by atoms with Crippen LogP contribution in [0.25, 0.3) is 0 Å². The molecule has 2 amide bonds. The maximum Gasteiger partial charge on any atom is 0.254 e. The van der Waals surface area contributed by atoms with Crippen molar-refractivity contribution in [3.05, 3.63) is 54.1 Å². The van der Waals surface area contributed by atoms with Gasteiger partial charge in [0.1, 0.15) is 23.6 Å². The Morgan fingerprint density at radius 3 is 2.72 bits per heavy atom. The van der Waals surface area contributed by atoms with Gasteiger partial charge in [0.2, 0.25) is 5.91 Å². The quantitative estimate of drug-likeness (QED) is 0.912. The molecule has 0 saturated carbocycles. The van der Waals surface area contributed by atoms with Crippen molar-refractivity contribution < 1.29 is 19.1 Å². The van der Waals surface area contributed by atoms with E-state index in [1.54, 1.807) is 42.3 Å². The van der Waals surface area contributed by atoms with Crippen molar-refractivity contribution >= 4 is 17.5 Å². The molecule has 0 aliphatic carbocycles. The van der Waals surface area contributed by atoms with Gasteiger partial charge in [0.15, 0.2) is 0 Å². The van der Waals surface area contributed by atoms with E-state index in [1.165, 1.54) is 0 Å². The number of ether oxygens (including phenoxy) is 2. The maximum absolute atomic E-state index is 12.9. The number of carbonyl (C=O) groups is 2. The number of nitrogens with zero attached hydrogens (tertiary/aromatic N) is 1. The van der Waals surface area contributed by atoms with Gasteiger partial charge in [0.25, 0.3) is 5.91 Å². The first-order chi connectivity index (χ1) is 12.2.